The van der Waals surface area contributed by atoms with Crippen LogP contribution in [0.15, 0.2) is 65.3 Å². The van der Waals surface area contributed by atoms with Crippen LogP contribution in [-0.4, -0.2) is 35.9 Å². The van der Waals surface area contributed by atoms with Gasteiger partial charge in [-0.25, -0.2) is 4.99 Å². The minimum atomic E-state index is -0.360. The molecule has 0 radical (unpaired) electrons. The monoisotopic (exact) mass is 453 g/mol. The number of carbonyl (C=O) groups excluding carboxylic acids is 2. The second-order valence-electron chi connectivity index (χ2n) is 6.98. The van der Waals surface area contributed by atoms with Crippen molar-refractivity contribution in [3.05, 3.63) is 60.3 Å². The largest absolute Gasteiger partial charge is 0.497 e. The number of esters is 1. The number of carbonyl (C=O) groups is 2. The summed E-state index contributed by atoms with van der Waals surface area (Å²) in [6.07, 6.45) is 2.52. The third kappa shape index (κ3) is 6.37. The fourth-order valence-electron chi connectivity index (χ4n) is 3.07. The number of amides is 1. The molecule has 1 aliphatic rings. The normalized spacial score (nSPS) is 13.5. The number of hydrogen-bond acceptors (Lipinski definition) is 7. The van der Waals surface area contributed by atoms with E-state index in [0.717, 1.165) is 17.1 Å². The zero-order valence-electron chi connectivity index (χ0n) is 18.4. The van der Waals surface area contributed by atoms with E-state index in [1.165, 1.54) is 11.8 Å². The van der Waals surface area contributed by atoms with E-state index >= 15 is 0 Å². The minimum absolute atomic E-state index is 0.0938. The summed E-state index contributed by atoms with van der Waals surface area (Å²) in [6, 6.07) is 14.8. The quantitative estimate of drug-likeness (QED) is 0.538. The van der Waals surface area contributed by atoms with E-state index in [2.05, 4.69) is 10.6 Å². The fourth-order valence-corrected chi connectivity index (χ4v) is 4.06. The highest BCUT2D eigenvalue weighted by molar-refractivity contribution is 8.15. The molecule has 3 rings (SSSR count). The van der Waals surface area contributed by atoms with E-state index in [1.54, 1.807) is 38.3 Å². The SMILES string of the molecule is CCOC(=O)CC1=CC(S[C@H](CC)C(=O)Nc2ccc(OC)cc2)=Nc2ccccc2N1. The molecule has 0 spiro atoms. The lowest BCUT2D eigenvalue weighted by atomic mass is 10.2. The molecule has 2 aromatic carbocycles. The van der Waals surface area contributed by atoms with Crippen molar-refractivity contribution in [1.29, 1.82) is 0 Å². The predicted molar refractivity (Wildman–Crippen MR) is 130 cm³/mol. The number of fused-ring (bicyclic) bond motifs is 1. The van der Waals surface area contributed by atoms with Crippen LogP contribution >= 0.6 is 11.8 Å². The highest BCUT2D eigenvalue weighted by Crippen LogP contribution is 2.32. The highest BCUT2D eigenvalue weighted by atomic mass is 32.2. The summed E-state index contributed by atoms with van der Waals surface area (Å²) < 4.78 is 10.3. The molecule has 0 saturated heterocycles. The van der Waals surface area contributed by atoms with Gasteiger partial charge in [0.15, 0.2) is 0 Å². The molecular formula is C24H27N3O4S. The predicted octanol–water partition coefficient (Wildman–Crippen LogP) is 5.14. The van der Waals surface area contributed by atoms with E-state index < -0.39 is 0 Å². The van der Waals surface area contributed by atoms with Crippen LogP contribution in [0.1, 0.15) is 26.7 Å². The Balaban J connectivity index is 1.79. The first-order chi connectivity index (χ1) is 15.5. The number of anilines is 2. The Kier molecular flexibility index (Phi) is 8.33. The molecule has 1 amide bonds. The zero-order valence-corrected chi connectivity index (χ0v) is 19.2. The van der Waals surface area contributed by atoms with Crippen LogP contribution in [0.25, 0.3) is 0 Å². The van der Waals surface area contributed by atoms with Gasteiger partial charge in [-0.2, -0.15) is 0 Å². The number of aliphatic imine (C=N–C) groups is 1. The average molecular weight is 454 g/mol. The summed E-state index contributed by atoms with van der Waals surface area (Å²) in [7, 11) is 1.60. The number of methoxy groups -OCH3 is 1. The first kappa shape index (κ1) is 23.4. The summed E-state index contributed by atoms with van der Waals surface area (Å²) in [5.41, 5.74) is 2.91. The number of nitrogens with zero attached hydrogens (tertiary/aromatic N) is 1. The molecule has 0 bridgehead atoms. The Hall–Kier alpha value is -3.26. The van der Waals surface area contributed by atoms with Crippen LogP contribution in [0.4, 0.5) is 17.1 Å². The second-order valence-corrected chi connectivity index (χ2v) is 8.20. The van der Waals surface area contributed by atoms with Gasteiger partial charge < -0.3 is 20.1 Å². The maximum Gasteiger partial charge on any atom is 0.311 e. The van der Waals surface area contributed by atoms with E-state index in [0.29, 0.717) is 29.5 Å². The zero-order chi connectivity index (χ0) is 22.9. The van der Waals surface area contributed by atoms with E-state index in [4.69, 9.17) is 14.5 Å². The van der Waals surface area contributed by atoms with Gasteiger partial charge in [0.1, 0.15) is 5.75 Å². The van der Waals surface area contributed by atoms with Gasteiger partial charge in [0, 0.05) is 11.4 Å². The Labute approximate surface area is 192 Å². The number of thioether (sulfide) groups is 1. The molecule has 0 aliphatic carbocycles. The summed E-state index contributed by atoms with van der Waals surface area (Å²) in [6.45, 7) is 4.05. The van der Waals surface area contributed by atoms with Crippen molar-refractivity contribution in [1.82, 2.24) is 0 Å². The van der Waals surface area contributed by atoms with Crippen molar-refractivity contribution in [2.45, 2.75) is 31.9 Å². The van der Waals surface area contributed by atoms with Gasteiger partial charge in [-0.3, -0.25) is 9.59 Å². The van der Waals surface area contributed by atoms with Gasteiger partial charge in [0.05, 0.1) is 41.8 Å². The summed E-state index contributed by atoms with van der Waals surface area (Å²) in [5, 5.41) is 6.51. The Morgan fingerprint density at radius 1 is 1.12 bits per heavy atom. The Bertz CT molecular complexity index is 1020. The molecule has 7 nitrogen and oxygen atoms in total. The molecule has 0 fully saturated rings. The van der Waals surface area contributed by atoms with Gasteiger partial charge in [-0.05, 0) is 55.8 Å². The maximum absolute atomic E-state index is 12.9. The van der Waals surface area contributed by atoms with E-state index in [-0.39, 0.29) is 23.5 Å². The van der Waals surface area contributed by atoms with Crippen LogP contribution in [0.5, 0.6) is 5.75 Å². The maximum atomic E-state index is 12.9. The van der Waals surface area contributed by atoms with Crippen molar-refractivity contribution in [3.63, 3.8) is 0 Å². The van der Waals surface area contributed by atoms with Crippen LogP contribution < -0.4 is 15.4 Å². The van der Waals surface area contributed by atoms with Crippen LogP contribution in [0.2, 0.25) is 0 Å². The molecule has 2 N–H and O–H groups in total. The van der Waals surface area contributed by atoms with Crippen molar-refractivity contribution < 1.29 is 19.1 Å². The number of para-hydroxylation sites is 2. The standard InChI is InChI=1S/C24H27N3O4S/c1-4-21(24(29)26-16-10-12-18(30-3)13-11-16)32-22-14-17(15-23(28)31-5-2)25-19-8-6-7-9-20(19)27-22/h6-14,21,25H,4-5,15H2,1-3H3,(H,26,29)/t21-/m1/s1. The molecule has 1 heterocycles. The molecule has 0 saturated carbocycles. The topological polar surface area (TPSA) is 89.0 Å². The lowest BCUT2D eigenvalue weighted by Crippen LogP contribution is -2.25. The molecule has 2 aromatic rings. The molecule has 0 aromatic heterocycles. The summed E-state index contributed by atoms with van der Waals surface area (Å²) in [4.78, 5) is 29.7. The van der Waals surface area contributed by atoms with Crippen molar-refractivity contribution in [2.24, 2.45) is 4.99 Å². The molecule has 0 unspecified atom stereocenters. The first-order valence-corrected chi connectivity index (χ1v) is 11.3. The van der Waals surface area contributed by atoms with Gasteiger partial charge in [0.25, 0.3) is 0 Å². The average Bonchev–Trinajstić information content (AvgIpc) is 2.96. The lowest BCUT2D eigenvalue weighted by Gasteiger charge is -2.15. The summed E-state index contributed by atoms with van der Waals surface area (Å²) >= 11 is 1.37. The molecular weight excluding hydrogens is 426 g/mol. The Morgan fingerprint density at radius 3 is 2.56 bits per heavy atom. The molecule has 168 valence electrons. The lowest BCUT2D eigenvalue weighted by molar-refractivity contribution is -0.142. The fraction of sp³-hybridized carbons (Fsp3) is 0.292. The highest BCUT2D eigenvalue weighted by Gasteiger charge is 2.22. The number of rotatable bonds is 8. The number of hydrogen-bond donors (Lipinski definition) is 2. The van der Waals surface area contributed by atoms with E-state index in [1.807, 2.05) is 37.3 Å². The van der Waals surface area contributed by atoms with Crippen molar-refractivity contribution in [2.75, 3.05) is 24.4 Å². The second kappa shape index (κ2) is 11.4. The first-order valence-electron chi connectivity index (χ1n) is 10.4. The third-order valence-corrected chi connectivity index (χ3v) is 5.93. The molecule has 32 heavy (non-hydrogen) atoms. The van der Waals surface area contributed by atoms with Gasteiger partial charge in [-0.1, -0.05) is 30.8 Å². The van der Waals surface area contributed by atoms with Crippen molar-refractivity contribution >= 4 is 45.7 Å². The molecule has 1 aliphatic heterocycles. The number of ether oxygens (including phenoxy) is 2. The smallest absolute Gasteiger partial charge is 0.311 e. The summed E-state index contributed by atoms with van der Waals surface area (Å²) in [5.74, 6) is 0.290. The minimum Gasteiger partial charge on any atom is -0.497 e. The third-order valence-electron chi connectivity index (χ3n) is 4.65. The Morgan fingerprint density at radius 2 is 1.88 bits per heavy atom. The van der Waals surface area contributed by atoms with Gasteiger partial charge in [0.2, 0.25) is 5.91 Å². The number of benzene rings is 2. The van der Waals surface area contributed by atoms with Crippen molar-refractivity contribution in [3.8, 4) is 5.75 Å². The van der Waals surface area contributed by atoms with Gasteiger partial charge in [-0.15, -0.1) is 0 Å². The molecule has 1 atom stereocenters. The van der Waals surface area contributed by atoms with E-state index in [9.17, 15) is 9.59 Å². The number of nitrogens with one attached hydrogen (secondary N) is 2. The van der Waals surface area contributed by atoms with Crippen LogP contribution in [-0.2, 0) is 14.3 Å². The van der Waals surface area contributed by atoms with Crippen LogP contribution in [0.3, 0.4) is 0 Å². The van der Waals surface area contributed by atoms with Crippen LogP contribution in [0, 0.1) is 0 Å². The molecule has 8 heteroatoms. The van der Waals surface area contributed by atoms with Gasteiger partial charge >= 0.3 is 5.97 Å².